The van der Waals surface area contributed by atoms with Crippen LogP contribution in [0.5, 0.6) is 11.5 Å². The highest BCUT2D eigenvalue weighted by molar-refractivity contribution is 7.80. The van der Waals surface area contributed by atoms with Gasteiger partial charge in [-0.1, -0.05) is 48.0 Å². The topological polar surface area (TPSA) is 85.0 Å². The summed E-state index contributed by atoms with van der Waals surface area (Å²) >= 11 is 11.3. The van der Waals surface area contributed by atoms with Crippen LogP contribution in [0, 0.1) is 5.92 Å². The second kappa shape index (κ2) is 12.3. The average molecular weight is 499 g/mol. The molecule has 3 aromatic rings. The molecule has 0 saturated heterocycles. The van der Waals surface area contributed by atoms with E-state index in [9.17, 15) is 9.90 Å². The largest absolute Gasteiger partial charge is 0.504 e. The number of hydrogen-bond donors (Lipinski definition) is 2. The molecule has 0 spiro atoms. The van der Waals surface area contributed by atoms with Gasteiger partial charge in [-0.2, -0.15) is 0 Å². The van der Waals surface area contributed by atoms with Crippen molar-refractivity contribution in [1.82, 2.24) is 4.90 Å². The molecule has 0 saturated carbocycles. The zero-order chi connectivity index (χ0) is 24.5. The number of phenolic OH excluding ortho intramolecular Hbond substituents is 1. The van der Waals surface area contributed by atoms with E-state index in [0.29, 0.717) is 35.8 Å². The normalized spacial score (nSPS) is 11.5. The minimum absolute atomic E-state index is 0.0570. The van der Waals surface area contributed by atoms with Gasteiger partial charge in [0.15, 0.2) is 16.6 Å². The molecular weight excluding hydrogens is 472 g/mol. The highest BCUT2D eigenvalue weighted by Crippen LogP contribution is 2.27. The number of carbonyl (C=O) groups excluding carboxylic acids is 1. The molecule has 1 atom stereocenters. The quantitative estimate of drug-likeness (QED) is 0.306. The van der Waals surface area contributed by atoms with Gasteiger partial charge < -0.3 is 25.2 Å². The van der Waals surface area contributed by atoms with Crippen molar-refractivity contribution in [2.75, 3.05) is 20.3 Å². The summed E-state index contributed by atoms with van der Waals surface area (Å²) in [4.78, 5) is 14.4. The molecule has 0 aliphatic rings. The minimum Gasteiger partial charge on any atom is -0.504 e. The SMILES string of the molecule is COc1cc(CN(CC(COC(=O)c2ccccc2)Cc2ccc(Cl)cc2)C(N)=S)ccc1O. The smallest absolute Gasteiger partial charge is 0.338 e. The van der Waals surface area contributed by atoms with Crippen LogP contribution >= 0.6 is 23.8 Å². The van der Waals surface area contributed by atoms with Crippen LogP contribution in [0.2, 0.25) is 5.02 Å². The first-order valence-electron chi connectivity index (χ1n) is 10.7. The van der Waals surface area contributed by atoms with E-state index < -0.39 is 0 Å². The molecule has 0 aliphatic heterocycles. The van der Waals surface area contributed by atoms with Crippen molar-refractivity contribution >= 4 is 34.9 Å². The van der Waals surface area contributed by atoms with Gasteiger partial charge in [0, 0.05) is 24.0 Å². The van der Waals surface area contributed by atoms with Gasteiger partial charge in [-0.25, -0.2) is 4.79 Å². The van der Waals surface area contributed by atoms with Crippen molar-refractivity contribution in [3.05, 3.63) is 94.5 Å². The summed E-state index contributed by atoms with van der Waals surface area (Å²) in [6.45, 7) is 1.06. The van der Waals surface area contributed by atoms with Gasteiger partial charge in [0.2, 0.25) is 0 Å². The molecular formula is C26H27ClN2O4S. The fourth-order valence-electron chi connectivity index (χ4n) is 3.57. The van der Waals surface area contributed by atoms with E-state index >= 15 is 0 Å². The predicted octanol–water partition coefficient (Wildman–Crippen LogP) is 4.82. The molecule has 0 aliphatic carbocycles. The minimum atomic E-state index is -0.383. The van der Waals surface area contributed by atoms with Gasteiger partial charge >= 0.3 is 5.97 Å². The Morgan fingerprint density at radius 2 is 1.76 bits per heavy atom. The first-order chi connectivity index (χ1) is 16.4. The molecule has 0 radical (unpaired) electrons. The fourth-order valence-corrected chi connectivity index (χ4v) is 3.83. The number of aromatic hydroxyl groups is 1. The van der Waals surface area contributed by atoms with Gasteiger partial charge in [0.05, 0.1) is 19.3 Å². The monoisotopic (exact) mass is 498 g/mol. The first kappa shape index (κ1) is 25.3. The molecule has 0 amide bonds. The number of rotatable bonds is 10. The summed E-state index contributed by atoms with van der Waals surface area (Å²) in [6, 6.07) is 21.5. The highest BCUT2D eigenvalue weighted by atomic mass is 35.5. The predicted molar refractivity (Wildman–Crippen MR) is 137 cm³/mol. The lowest BCUT2D eigenvalue weighted by Crippen LogP contribution is -2.40. The Balaban J connectivity index is 1.75. The zero-order valence-electron chi connectivity index (χ0n) is 18.8. The Labute approximate surface area is 209 Å². The maximum absolute atomic E-state index is 12.5. The lowest BCUT2D eigenvalue weighted by Gasteiger charge is -2.28. The zero-order valence-corrected chi connectivity index (χ0v) is 20.4. The van der Waals surface area contributed by atoms with Crippen LogP contribution < -0.4 is 10.5 Å². The van der Waals surface area contributed by atoms with Crippen molar-refractivity contribution in [1.29, 1.82) is 0 Å². The summed E-state index contributed by atoms with van der Waals surface area (Å²) in [6.07, 6.45) is 0.636. The second-order valence-corrected chi connectivity index (χ2v) is 8.74. The van der Waals surface area contributed by atoms with E-state index in [1.807, 2.05) is 35.2 Å². The molecule has 3 N–H and O–H groups in total. The molecule has 0 bridgehead atoms. The maximum Gasteiger partial charge on any atom is 0.338 e. The number of methoxy groups -OCH3 is 1. The van der Waals surface area contributed by atoms with Crippen LogP contribution in [0.3, 0.4) is 0 Å². The Morgan fingerprint density at radius 3 is 2.41 bits per heavy atom. The number of halogens is 1. The number of nitrogens with two attached hydrogens (primary N) is 1. The van der Waals surface area contributed by atoms with Crippen LogP contribution in [0.4, 0.5) is 0 Å². The number of ether oxygens (including phenoxy) is 2. The van der Waals surface area contributed by atoms with E-state index in [2.05, 4.69) is 0 Å². The van der Waals surface area contributed by atoms with Gasteiger partial charge in [-0.3, -0.25) is 0 Å². The third-order valence-electron chi connectivity index (χ3n) is 5.31. The molecule has 8 heteroatoms. The Hall–Kier alpha value is -3.29. The van der Waals surface area contributed by atoms with Crippen molar-refractivity contribution in [3.63, 3.8) is 0 Å². The van der Waals surface area contributed by atoms with Crippen LogP contribution in [0.15, 0.2) is 72.8 Å². The summed E-state index contributed by atoms with van der Waals surface area (Å²) < 4.78 is 10.8. The standard InChI is InChI=1S/C26H27ClN2O4S/c1-32-24-14-19(9-12-23(24)30)15-29(26(28)34)16-20(13-18-7-10-22(27)11-8-18)17-33-25(31)21-5-3-2-4-6-21/h2-12,14,20,30H,13,15-17H2,1H3,(H2,28,34). The molecule has 178 valence electrons. The van der Waals surface area contributed by atoms with Crippen LogP contribution in [0.1, 0.15) is 21.5 Å². The number of carbonyl (C=O) groups is 1. The summed E-state index contributed by atoms with van der Waals surface area (Å²) in [5, 5.41) is 10.8. The summed E-state index contributed by atoms with van der Waals surface area (Å²) in [5.74, 6) is -0.0438. The van der Waals surface area contributed by atoms with Crippen molar-refractivity contribution < 1.29 is 19.4 Å². The molecule has 0 fully saturated rings. The molecule has 1 unspecified atom stereocenters. The Kier molecular flexibility index (Phi) is 9.13. The van der Waals surface area contributed by atoms with Crippen molar-refractivity contribution in [3.8, 4) is 11.5 Å². The van der Waals surface area contributed by atoms with E-state index in [4.69, 9.17) is 39.0 Å². The lowest BCUT2D eigenvalue weighted by molar-refractivity contribution is 0.0422. The van der Waals surface area contributed by atoms with Crippen LogP contribution in [-0.4, -0.2) is 41.3 Å². The third-order valence-corrected chi connectivity index (χ3v) is 5.82. The number of phenols is 1. The van der Waals surface area contributed by atoms with E-state index in [-0.39, 0.29) is 29.4 Å². The summed E-state index contributed by atoms with van der Waals surface area (Å²) in [5.41, 5.74) is 8.46. The van der Waals surface area contributed by atoms with Gasteiger partial charge in [-0.15, -0.1) is 0 Å². The number of benzene rings is 3. The molecule has 3 aromatic carbocycles. The number of nitrogens with zero attached hydrogens (tertiary/aromatic N) is 1. The Bertz CT molecular complexity index is 1110. The Morgan fingerprint density at radius 1 is 1.09 bits per heavy atom. The van der Waals surface area contributed by atoms with Gasteiger partial charge in [0.25, 0.3) is 0 Å². The lowest BCUT2D eigenvalue weighted by atomic mass is 9.99. The molecule has 0 heterocycles. The van der Waals surface area contributed by atoms with Crippen molar-refractivity contribution in [2.45, 2.75) is 13.0 Å². The number of hydrogen-bond acceptors (Lipinski definition) is 5. The fraction of sp³-hybridized carbons (Fsp3) is 0.231. The second-order valence-electron chi connectivity index (χ2n) is 7.89. The molecule has 3 rings (SSSR count). The van der Waals surface area contributed by atoms with Gasteiger partial charge in [-0.05, 0) is 66.2 Å². The van der Waals surface area contributed by atoms with Crippen molar-refractivity contribution in [2.24, 2.45) is 11.7 Å². The van der Waals surface area contributed by atoms with Crippen LogP contribution in [-0.2, 0) is 17.7 Å². The molecule has 34 heavy (non-hydrogen) atoms. The number of esters is 1. The maximum atomic E-state index is 12.5. The summed E-state index contributed by atoms with van der Waals surface area (Å²) in [7, 11) is 1.49. The highest BCUT2D eigenvalue weighted by Gasteiger charge is 2.20. The van der Waals surface area contributed by atoms with Gasteiger partial charge in [0.1, 0.15) is 0 Å². The van der Waals surface area contributed by atoms with E-state index in [1.54, 1.807) is 42.5 Å². The van der Waals surface area contributed by atoms with E-state index in [0.717, 1.165) is 11.1 Å². The average Bonchev–Trinajstić information content (AvgIpc) is 2.84. The van der Waals surface area contributed by atoms with Crippen LogP contribution in [0.25, 0.3) is 0 Å². The molecule has 0 aromatic heterocycles. The molecule has 6 nitrogen and oxygen atoms in total. The number of thiocarbonyl (C=S) groups is 1. The third kappa shape index (κ3) is 7.37. The van der Waals surface area contributed by atoms with E-state index in [1.165, 1.54) is 7.11 Å². The first-order valence-corrected chi connectivity index (χ1v) is 11.5.